The van der Waals surface area contributed by atoms with E-state index in [1.54, 1.807) is 0 Å². The van der Waals surface area contributed by atoms with E-state index in [1.807, 2.05) is 0 Å². The second-order valence-electron chi connectivity index (χ2n) is 4.66. The van der Waals surface area contributed by atoms with Gasteiger partial charge in [-0.2, -0.15) is 0 Å². The number of hydrogen-bond donors (Lipinski definition) is 2. The van der Waals surface area contributed by atoms with E-state index in [2.05, 4.69) is 39.4 Å². The first-order valence-electron chi connectivity index (χ1n) is 5.40. The highest BCUT2D eigenvalue weighted by molar-refractivity contribution is 9.10. The van der Waals surface area contributed by atoms with E-state index in [-0.39, 0.29) is 6.10 Å². The van der Waals surface area contributed by atoms with Crippen LogP contribution in [0.15, 0.2) is 22.7 Å². The van der Waals surface area contributed by atoms with Crippen molar-refractivity contribution in [1.29, 1.82) is 0 Å². The van der Waals surface area contributed by atoms with E-state index in [4.69, 9.17) is 0 Å². The zero-order valence-electron chi connectivity index (χ0n) is 8.46. The van der Waals surface area contributed by atoms with E-state index in [0.717, 1.165) is 16.6 Å². The lowest BCUT2D eigenvalue weighted by Gasteiger charge is -2.16. The van der Waals surface area contributed by atoms with Gasteiger partial charge in [-0.3, -0.25) is 0 Å². The van der Waals surface area contributed by atoms with Crippen molar-refractivity contribution in [2.45, 2.75) is 24.4 Å². The quantitative estimate of drug-likeness (QED) is 0.755. The molecule has 1 fully saturated rings. The van der Waals surface area contributed by atoms with Gasteiger partial charge in [-0.05, 0) is 36.1 Å². The Hall–Kier alpha value is -0.380. The van der Waals surface area contributed by atoms with E-state index in [1.165, 1.54) is 18.4 Å². The third kappa shape index (κ3) is 1.53. The van der Waals surface area contributed by atoms with Crippen LogP contribution in [0.2, 0.25) is 0 Å². The molecule has 0 aromatic heterocycles. The lowest BCUT2D eigenvalue weighted by atomic mass is 9.90. The molecule has 0 amide bonds. The first-order chi connectivity index (χ1) is 7.21. The van der Waals surface area contributed by atoms with E-state index >= 15 is 0 Å². The average molecular weight is 268 g/mol. The van der Waals surface area contributed by atoms with Gasteiger partial charge in [-0.15, -0.1) is 0 Å². The van der Waals surface area contributed by atoms with Crippen LogP contribution < -0.4 is 5.32 Å². The fraction of sp³-hybridized carbons (Fsp3) is 0.500. The maximum absolute atomic E-state index is 10.0. The van der Waals surface area contributed by atoms with Crippen LogP contribution in [-0.4, -0.2) is 18.2 Å². The molecule has 1 saturated carbocycles. The van der Waals surface area contributed by atoms with Crippen molar-refractivity contribution >= 4 is 15.9 Å². The van der Waals surface area contributed by atoms with Crippen LogP contribution in [-0.2, 0) is 5.41 Å². The third-order valence-electron chi connectivity index (χ3n) is 3.60. The Morgan fingerprint density at radius 1 is 1.40 bits per heavy atom. The molecule has 0 saturated heterocycles. The van der Waals surface area contributed by atoms with Crippen LogP contribution in [0.4, 0.5) is 0 Å². The first-order valence-corrected chi connectivity index (χ1v) is 6.19. The molecule has 2 aliphatic rings. The molecule has 1 aliphatic carbocycles. The van der Waals surface area contributed by atoms with Gasteiger partial charge in [0.25, 0.3) is 0 Å². The molecular weight excluding hydrogens is 254 g/mol. The minimum absolute atomic E-state index is 0.327. The fourth-order valence-electron chi connectivity index (χ4n) is 2.54. The third-order valence-corrected chi connectivity index (χ3v) is 4.09. The zero-order valence-corrected chi connectivity index (χ0v) is 10.0. The minimum atomic E-state index is -0.363. The largest absolute Gasteiger partial charge is 0.387 e. The molecular formula is C12H14BrNO. The van der Waals surface area contributed by atoms with Crippen molar-refractivity contribution in [3.63, 3.8) is 0 Å². The molecule has 1 aliphatic heterocycles. The van der Waals surface area contributed by atoms with Crippen molar-refractivity contribution < 1.29 is 5.11 Å². The highest BCUT2D eigenvalue weighted by atomic mass is 79.9. The monoisotopic (exact) mass is 267 g/mol. The molecule has 2 nitrogen and oxygen atoms in total. The minimum Gasteiger partial charge on any atom is -0.387 e. The molecule has 2 N–H and O–H groups in total. The lowest BCUT2D eigenvalue weighted by Crippen LogP contribution is -2.25. The summed E-state index contributed by atoms with van der Waals surface area (Å²) in [6.45, 7) is 1.68. The number of halogens is 1. The lowest BCUT2D eigenvalue weighted by molar-refractivity contribution is 0.178. The van der Waals surface area contributed by atoms with E-state index < -0.39 is 0 Å². The molecule has 80 valence electrons. The van der Waals surface area contributed by atoms with Crippen LogP contribution in [0.1, 0.15) is 30.1 Å². The normalized spacial score (nSPS) is 27.2. The summed E-state index contributed by atoms with van der Waals surface area (Å²) >= 11 is 3.47. The van der Waals surface area contributed by atoms with Gasteiger partial charge in [-0.25, -0.2) is 0 Å². The van der Waals surface area contributed by atoms with Gasteiger partial charge in [0.05, 0.1) is 6.10 Å². The van der Waals surface area contributed by atoms with Crippen molar-refractivity contribution in [2.75, 3.05) is 13.1 Å². The summed E-state index contributed by atoms with van der Waals surface area (Å²) in [6.07, 6.45) is 2.14. The van der Waals surface area contributed by atoms with Crippen molar-refractivity contribution in [1.82, 2.24) is 5.32 Å². The Morgan fingerprint density at radius 2 is 2.20 bits per heavy atom. The van der Waals surface area contributed by atoms with Crippen LogP contribution in [0, 0.1) is 0 Å². The highest BCUT2D eigenvalue weighted by Crippen LogP contribution is 2.51. The fourth-order valence-corrected chi connectivity index (χ4v) is 2.92. The van der Waals surface area contributed by atoms with Gasteiger partial charge in [0, 0.05) is 23.0 Å². The molecule has 3 heteroatoms. The summed E-state index contributed by atoms with van der Waals surface area (Å²) in [6, 6.07) is 6.31. The second kappa shape index (κ2) is 3.30. The van der Waals surface area contributed by atoms with Crippen LogP contribution >= 0.6 is 15.9 Å². The average Bonchev–Trinajstić information content (AvgIpc) is 2.99. The standard InChI is InChI=1S/C12H14BrNO/c13-8-1-2-10-9(5-8)11(15)6-14-7-12(10)3-4-12/h1-2,5,11,14-15H,3-4,6-7H2. The maximum Gasteiger partial charge on any atom is 0.0917 e. The molecule has 15 heavy (non-hydrogen) atoms. The molecule has 1 aromatic carbocycles. The van der Waals surface area contributed by atoms with Gasteiger partial charge in [-0.1, -0.05) is 22.0 Å². The smallest absolute Gasteiger partial charge is 0.0917 e. The molecule has 3 rings (SSSR count). The van der Waals surface area contributed by atoms with Crippen LogP contribution in [0.3, 0.4) is 0 Å². The number of rotatable bonds is 0. The topological polar surface area (TPSA) is 32.3 Å². The predicted octanol–water partition coefficient (Wildman–Crippen LogP) is 2.12. The van der Waals surface area contributed by atoms with Crippen molar-refractivity contribution in [3.05, 3.63) is 33.8 Å². The van der Waals surface area contributed by atoms with Crippen LogP contribution in [0.25, 0.3) is 0 Å². The summed E-state index contributed by atoms with van der Waals surface area (Å²) in [5, 5.41) is 13.4. The number of aliphatic hydroxyl groups excluding tert-OH is 1. The highest BCUT2D eigenvalue weighted by Gasteiger charge is 2.46. The second-order valence-corrected chi connectivity index (χ2v) is 5.57. The maximum atomic E-state index is 10.0. The summed E-state index contributed by atoms with van der Waals surface area (Å²) in [7, 11) is 0. The number of aliphatic hydroxyl groups is 1. The van der Waals surface area contributed by atoms with Gasteiger partial charge in [0.15, 0.2) is 0 Å². The molecule has 1 aromatic rings. The molecule has 1 spiro atoms. The van der Waals surface area contributed by atoms with Gasteiger partial charge < -0.3 is 10.4 Å². The number of β-amino-alcohol motifs (C(OH)–C–C–N with tert-alkyl or cyclic N) is 1. The number of nitrogens with one attached hydrogen (secondary N) is 1. The molecule has 0 bridgehead atoms. The number of fused-ring (bicyclic) bond motifs is 2. The van der Waals surface area contributed by atoms with Crippen molar-refractivity contribution in [2.24, 2.45) is 0 Å². The number of benzene rings is 1. The van der Waals surface area contributed by atoms with Gasteiger partial charge in [0.2, 0.25) is 0 Å². The van der Waals surface area contributed by atoms with Crippen LogP contribution in [0.5, 0.6) is 0 Å². The van der Waals surface area contributed by atoms with Gasteiger partial charge in [0.1, 0.15) is 0 Å². The Balaban J connectivity index is 2.15. The summed E-state index contributed by atoms with van der Waals surface area (Å²) < 4.78 is 1.05. The Kier molecular flexibility index (Phi) is 2.16. The molecule has 1 heterocycles. The van der Waals surface area contributed by atoms with Gasteiger partial charge >= 0.3 is 0 Å². The number of hydrogen-bond acceptors (Lipinski definition) is 2. The molecule has 1 unspecified atom stereocenters. The summed E-state index contributed by atoms with van der Waals surface area (Å²) in [5.74, 6) is 0. The summed E-state index contributed by atoms with van der Waals surface area (Å²) in [4.78, 5) is 0. The van der Waals surface area contributed by atoms with Crippen molar-refractivity contribution in [3.8, 4) is 0 Å². The molecule has 0 radical (unpaired) electrons. The van der Waals surface area contributed by atoms with E-state index in [0.29, 0.717) is 12.0 Å². The zero-order chi connectivity index (χ0) is 10.5. The van der Waals surface area contributed by atoms with E-state index in [9.17, 15) is 5.11 Å². The summed E-state index contributed by atoms with van der Waals surface area (Å²) in [5.41, 5.74) is 2.78. The SMILES string of the molecule is OC1CNCC2(CC2)c2ccc(Br)cc21. The molecule has 1 atom stereocenters. The Labute approximate surface area is 97.8 Å². The predicted molar refractivity (Wildman–Crippen MR) is 62.9 cm³/mol. The first kappa shape index (κ1) is 9.82. The Morgan fingerprint density at radius 3 is 2.93 bits per heavy atom. The Bertz CT molecular complexity index is 401.